The van der Waals surface area contributed by atoms with Crippen molar-refractivity contribution in [2.45, 2.75) is 6.54 Å². The number of ether oxygens (including phenoxy) is 1. The number of halogens is 1. The van der Waals surface area contributed by atoms with Crippen molar-refractivity contribution < 1.29 is 23.1 Å². The minimum atomic E-state index is -0.534. The number of para-hydroxylation sites is 1. The van der Waals surface area contributed by atoms with Crippen LogP contribution in [-0.2, 0) is 11.3 Å². The number of hydrogen-bond acceptors (Lipinski definition) is 5. The SMILES string of the molecule is COC(=O)c1ccc(Cn2cc(/C=N\NC(=O)c3ccc(F)cc3)c3ccccc32)o1. The molecule has 0 aliphatic heterocycles. The minimum absolute atomic E-state index is 0.138. The zero-order chi connectivity index (χ0) is 21.8. The highest BCUT2D eigenvalue weighted by Gasteiger charge is 2.13. The molecule has 0 bridgehead atoms. The summed E-state index contributed by atoms with van der Waals surface area (Å²) in [5, 5.41) is 4.97. The topological polar surface area (TPSA) is 85.8 Å². The molecule has 4 rings (SSSR count). The highest BCUT2D eigenvalue weighted by atomic mass is 19.1. The third-order valence-electron chi connectivity index (χ3n) is 4.67. The normalized spacial score (nSPS) is 11.2. The molecule has 0 radical (unpaired) electrons. The lowest BCUT2D eigenvalue weighted by Crippen LogP contribution is -2.17. The lowest BCUT2D eigenvalue weighted by molar-refractivity contribution is 0.0562. The number of carbonyl (C=O) groups is 2. The number of methoxy groups -OCH3 is 1. The largest absolute Gasteiger partial charge is 0.463 e. The minimum Gasteiger partial charge on any atom is -0.463 e. The molecular weight excluding hydrogens is 401 g/mol. The third kappa shape index (κ3) is 4.37. The van der Waals surface area contributed by atoms with Gasteiger partial charge in [-0.1, -0.05) is 18.2 Å². The fourth-order valence-electron chi connectivity index (χ4n) is 3.18. The first kappa shape index (κ1) is 20.1. The lowest BCUT2D eigenvalue weighted by atomic mass is 10.2. The number of hydrazone groups is 1. The number of rotatable bonds is 6. The predicted octanol–water partition coefficient (Wildman–Crippen LogP) is 3.97. The molecule has 0 aliphatic carbocycles. The number of hydrogen-bond donors (Lipinski definition) is 1. The summed E-state index contributed by atoms with van der Waals surface area (Å²) in [6.07, 6.45) is 3.42. The van der Waals surface area contributed by atoms with E-state index in [9.17, 15) is 14.0 Å². The second-order valence-electron chi connectivity index (χ2n) is 6.69. The van der Waals surface area contributed by atoms with Gasteiger partial charge in [0.15, 0.2) is 0 Å². The van der Waals surface area contributed by atoms with Gasteiger partial charge in [0.1, 0.15) is 11.6 Å². The van der Waals surface area contributed by atoms with E-state index in [1.165, 1.54) is 31.4 Å². The van der Waals surface area contributed by atoms with Crippen LogP contribution in [0.25, 0.3) is 10.9 Å². The maximum Gasteiger partial charge on any atom is 0.373 e. The Morgan fingerprint density at radius 1 is 1.13 bits per heavy atom. The number of esters is 1. The molecule has 8 heteroatoms. The van der Waals surface area contributed by atoms with Crippen molar-refractivity contribution in [3.63, 3.8) is 0 Å². The van der Waals surface area contributed by atoms with E-state index in [1.807, 2.05) is 35.0 Å². The maximum absolute atomic E-state index is 13.0. The van der Waals surface area contributed by atoms with Crippen molar-refractivity contribution >= 4 is 29.0 Å². The summed E-state index contributed by atoms with van der Waals surface area (Å²) in [6, 6.07) is 16.2. The van der Waals surface area contributed by atoms with Crippen molar-refractivity contribution in [1.29, 1.82) is 0 Å². The number of nitrogens with one attached hydrogen (secondary N) is 1. The second-order valence-corrected chi connectivity index (χ2v) is 6.69. The van der Waals surface area contributed by atoms with Gasteiger partial charge in [0.25, 0.3) is 5.91 Å². The van der Waals surface area contributed by atoms with E-state index in [4.69, 9.17) is 4.42 Å². The zero-order valence-corrected chi connectivity index (χ0v) is 16.5. The van der Waals surface area contributed by atoms with Gasteiger partial charge in [0, 0.05) is 28.2 Å². The standard InChI is InChI=1S/C23H18FN3O4/c1-30-23(29)21-11-10-18(31-21)14-27-13-16(19-4-2-3-5-20(19)27)12-25-26-22(28)15-6-8-17(24)9-7-15/h2-13H,14H2,1H3,(H,26,28)/b25-12-. The fraction of sp³-hybridized carbons (Fsp3) is 0.0870. The number of carbonyl (C=O) groups excluding carboxylic acids is 2. The smallest absolute Gasteiger partial charge is 0.373 e. The first-order valence-corrected chi connectivity index (χ1v) is 9.39. The average molecular weight is 419 g/mol. The molecule has 0 unspecified atom stereocenters. The van der Waals surface area contributed by atoms with Crippen LogP contribution in [0.4, 0.5) is 4.39 Å². The molecule has 0 aliphatic rings. The Morgan fingerprint density at radius 2 is 1.90 bits per heavy atom. The Bertz CT molecular complexity index is 1270. The summed E-state index contributed by atoms with van der Waals surface area (Å²) in [7, 11) is 1.30. The van der Waals surface area contributed by atoms with Crippen molar-refractivity contribution in [2.24, 2.45) is 5.10 Å². The van der Waals surface area contributed by atoms with Gasteiger partial charge in [0.2, 0.25) is 5.76 Å². The summed E-state index contributed by atoms with van der Waals surface area (Å²) in [5.41, 5.74) is 4.47. The summed E-state index contributed by atoms with van der Waals surface area (Å²) >= 11 is 0. The van der Waals surface area contributed by atoms with Gasteiger partial charge >= 0.3 is 5.97 Å². The van der Waals surface area contributed by atoms with Gasteiger partial charge in [-0.2, -0.15) is 5.10 Å². The third-order valence-corrected chi connectivity index (χ3v) is 4.67. The average Bonchev–Trinajstić information content (AvgIpc) is 3.39. The molecular formula is C23H18FN3O4. The van der Waals surface area contributed by atoms with Gasteiger partial charge in [0.05, 0.1) is 19.9 Å². The Balaban J connectivity index is 1.54. The van der Waals surface area contributed by atoms with Crippen molar-refractivity contribution in [3.05, 3.63) is 95.3 Å². The number of fused-ring (bicyclic) bond motifs is 1. The first-order chi connectivity index (χ1) is 15.0. The summed E-state index contributed by atoms with van der Waals surface area (Å²) in [4.78, 5) is 23.7. The molecule has 7 nitrogen and oxygen atoms in total. The Hall–Kier alpha value is -4.20. The molecule has 1 N–H and O–H groups in total. The molecule has 0 fully saturated rings. The number of nitrogens with zero attached hydrogens (tertiary/aromatic N) is 2. The lowest BCUT2D eigenvalue weighted by Gasteiger charge is -2.02. The van der Waals surface area contributed by atoms with Crippen LogP contribution < -0.4 is 5.43 Å². The van der Waals surface area contributed by atoms with Crippen LogP contribution in [0.3, 0.4) is 0 Å². The molecule has 31 heavy (non-hydrogen) atoms. The Kier molecular flexibility index (Phi) is 5.61. The summed E-state index contributed by atoms with van der Waals surface area (Å²) < 4.78 is 25.2. The Morgan fingerprint density at radius 3 is 2.68 bits per heavy atom. The molecule has 2 aromatic carbocycles. The maximum atomic E-state index is 13.0. The number of furan rings is 1. The molecule has 2 aromatic heterocycles. The molecule has 0 saturated carbocycles. The van der Waals surface area contributed by atoms with E-state index < -0.39 is 17.7 Å². The van der Waals surface area contributed by atoms with Gasteiger partial charge in [-0.3, -0.25) is 4.79 Å². The van der Waals surface area contributed by atoms with Crippen LogP contribution in [0.5, 0.6) is 0 Å². The van der Waals surface area contributed by atoms with Gasteiger partial charge in [-0.25, -0.2) is 14.6 Å². The summed E-state index contributed by atoms with van der Waals surface area (Å²) in [5.74, 6) is -0.657. The van der Waals surface area contributed by atoms with Crippen LogP contribution in [0.15, 0.2) is 76.4 Å². The van der Waals surface area contributed by atoms with E-state index in [2.05, 4.69) is 15.3 Å². The van der Waals surface area contributed by atoms with E-state index in [0.717, 1.165) is 16.5 Å². The fourth-order valence-corrected chi connectivity index (χ4v) is 3.18. The molecule has 0 saturated heterocycles. The van der Waals surface area contributed by atoms with Crippen molar-refractivity contribution in [1.82, 2.24) is 9.99 Å². The molecule has 0 spiro atoms. The van der Waals surface area contributed by atoms with Crippen LogP contribution in [0.1, 0.15) is 32.2 Å². The number of aromatic nitrogens is 1. The summed E-state index contributed by atoms with van der Waals surface area (Å²) in [6.45, 7) is 0.396. The van der Waals surface area contributed by atoms with E-state index in [-0.39, 0.29) is 5.76 Å². The van der Waals surface area contributed by atoms with Gasteiger partial charge < -0.3 is 13.7 Å². The molecule has 2 heterocycles. The number of amides is 1. The zero-order valence-electron chi connectivity index (χ0n) is 16.5. The predicted molar refractivity (Wildman–Crippen MR) is 113 cm³/mol. The van der Waals surface area contributed by atoms with Crippen LogP contribution in [0, 0.1) is 5.82 Å². The van der Waals surface area contributed by atoms with E-state index in [0.29, 0.717) is 17.9 Å². The Labute approximate surface area is 176 Å². The van der Waals surface area contributed by atoms with Crippen molar-refractivity contribution in [2.75, 3.05) is 7.11 Å². The van der Waals surface area contributed by atoms with Gasteiger partial charge in [-0.05, 0) is 42.5 Å². The highest BCUT2D eigenvalue weighted by molar-refractivity contribution is 6.00. The monoisotopic (exact) mass is 419 g/mol. The van der Waals surface area contributed by atoms with Crippen LogP contribution in [0.2, 0.25) is 0 Å². The van der Waals surface area contributed by atoms with E-state index in [1.54, 1.807) is 18.3 Å². The van der Waals surface area contributed by atoms with Crippen LogP contribution >= 0.6 is 0 Å². The molecule has 1 amide bonds. The molecule has 4 aromatic rings. The number of benzene rings is 2. The van der Waals surface area contributed by atoms with Crippen LogP contribution in [-0.4, -0.2) is 29.8 Å². The molecule has 0 atom stereocenters. The van der Waals surface area contributed by atoms with E-state index >= 15 is 0 Å². The van der Waals surface area contributed by atoms with Gasteiger partial charge in [-0.15, -0.1) is 0 Å². The first-order valence-electron chi connectivity index (χ1n) is 9.39. The molecule has 156 valence electrons. The highest BCUT2D eigenvalue weighted by Crippen LogP contribution is 2.22. The quantitative estimate of drug-likeness (QED) is 0.291. The second kappa shape index (κ2) is 8.66. The van der Waals surface area contributed by atoms with Crippen molar-refractivity contribution in [3.8, 4) is 0 Å².